The van der Waals surface area contributed by atoms with Crippen molar-refractivity contribution in [2.75, 3.05) is 19.8 Å². The van der Waals surface area contributed by atoms with E-state index in [1.165, 1.54) is 0 Å². The Kier molecular flexibility index (Phi) is 5.66. The molecule has 1 heterocycles. The van der Waals surface area contributed by atoms with Gasteiger partial charge in [0.05, 0.1) is 19.1 Å². The molecule has 0 aromatic heterocycles. The summed E-state index contributed by atoms with van der Waals surface area (Å²) in [6, 6.07) is 22.8. The Balaban J connectivity index is 1.39. The number of carbonyl (C=O) groups is 1. The zero-order chi connectivity index (χ0) is 20.1. The molecule has 0 spiro atoms. The van der Waals surface area contributed by atoms with Crippen molar-refractivity contribution in [2.24, 2.45) is 0 Å². The van der Waals surface area contributed by atoms with Crippen molar-refractivity contribution in [2.45, 2.75) is 12.8 Å². The monoisotopic (exact) mass is 389 g/mol. The number of fused-ring (bicyclic) bond motifs is 2. The first-order chi connectivity index (χ1) is 14.3. The second-order valence-electron chi connectivity index (χ2n) is 6.65. The summed E-state index contributed by atoms with van der Waals surface area (Å²) in [6.07, 6.45) is 0. The maximum absolute atomic E-state index is 13.0. The van der Waals surface area contributed by atoms with Crippen molar-refractivity contribution in [3.63, 3.8) is 0 Å². The van der Waals surface area contributed by atoms with E-state index in [9.17, 15) is 4.79 Å². The van der Waals surface area contributed by atoms with Crippen molar-refractivity contribution in [1.82, 2.24) is 5.32 Å². The van der Waals surface area contributed by atoms with Gasteiger partial charge in [0.15, 0.2) is 0 Å². The molecular weight excluding hydrogens is 366 g/mol. The van der Waals surface area contributed by atoms with E-state index in [1.54, 1.807) is 0 Å². The number of carbonyl (C=O) groups excluding carboxylic acids is 1. The maximum atomic E-state index is 13.0. The molecule has 1 aliphatic rings. The van der Waals surface area contributed by atoms with Crippen molar-refractivity contribution in [3.05, 3.63) is 83.9 Å². The quantitative estimate of drug-likeness (QED) is 0.604. The van der Waals surface area contributed by atoms with Crippen LogP contribution in [0, 0.1) is 0 Å². The molecule has 3 aromatic rings. The maximum Gasteiger partial charge on any atom is 0.232 e. The number of rotatable bonds is 7. The second kappa shape index (κ2) is 8.69. The van der Waals surface area contributed by atoms with Gasteiger partial charge in [-0.15, -0.1) is 0 Å². The zero-order valence-corrected chi connectivity index (χ0v) is 16.3. The van der Waals surface area contributed by atoms with Crippen LogP contribution < -0.4 is 19.5 Å². The number of amides is 1. The molecule has 1 aliphatic heterocycles. The van der Waals surface area contributed by atoms with Gasteiger partial charge in [-0.3, -0.25) is 4.79 Å². The lowest BCUT2D eigenvalue weighted by Crippen LogP contribution is -2.34. The molecule has 0 fully saturated rings. The fourth-order valence-corrected chi connectivity index (χ4v) is 3.44. The van der Waals surface area contributed by atoms with Crippen LogP contribution in [0.3, 0.4) is 0 Å². The molecule has 5 nitrogen and oxygen atoms in total. The number of hydrogen-bond donors (Lipinski definition) is 1. The van der Waals surface area contributed by atoms with Gasteiger partial charge in [-0.1, -0.05) is 36.4 Å². The van der Waals surface area contributed by atoms with Gasteiger partial charge in [-0.05, 0) is 43.3 Å². The molecule has 3 aromatic carbocycles. The fourth-order valence-electron chi connectivity index (χ4n) is 3.44. The average Bonchev–Trinajstić information content (AvgIpc) is 2.76. The van der Waals surface area contributed by atoms with Crippen molar-refractivity contribution >= 4 is 5.91 Å². The fraction of sp³-hybridized carbons (Fsp3) is 0.208. The van der Waals surface area contributed by atoms with E-state index in [0.29, 0.717) is 19.8 Å². The third-order valence-electron chi connectivity index (χ3n) is 4.75. The van der Waals surface area contributed by atoms with Crippen LogP contribution in [0.1, 0.15) is 24.0 Å². The summed E-state index contributed by atoms with van der Waals surface area (Å²) in [7, 11) is 0. The van der Waals surface area contributed by atoms with Gasteiger partial charge in [0.1, 0.15) is 29.6 Å². The Morgan fingerprint density at radius 2 is 1.41 bits per heavy atom. The first-order valence-corrected chi connectivity index (χ1v) is 9.75. The zero-order valence-electron chi connectivity index (χ0n) is 16.3. The molecule has 0 aliphatic carbocycles. The Bertz CT molecular complexity index is 939. The van der Waals surface area contributed by atoms with E-state index >= 15 is 0 Å². The Labute approximate surface area is 170 Å². The largest absolute Gasteiger partial charge is 0.494 e. The molecule has 0 radical (unpaired) electrons. The number of para-hydroxylation sites is 2. The smallest absolute Gasteiger partial charge is 0.232 e. The molecule has 0 bridgehead atoms. The molecule has 4 rings (SSSR count). The summed E-state index contributed by atoms with van der Waals surface area (Å²) in [5.74, 6) is 2.52. The lowest BCUT2D eigenvalue weighted by atomic mass is 9.87. The van der Waals surface area contributed by atoms with E-state index in [1.807, 2.05) is 79.7 Å². The van der Waals surface area contributed by atoms with E-state index in [4.69, 9.17) is 14.2 Å². The first-order valence-electron chi connectivity index (χ1n) is 9.75. The van der Waals surface area contributed by atoms with Gasteiger partial charge in [0.25, 0.3) is 0 Å². The number of benzene rings is 3. The van der Waals surface area contributed by atoms with Crippen LogP contribution in [-0.2, 0) is 4.79 Å². The summed E-state index contributed by atoms with van der Waals surface area (Å²) in [5, 5.41) is 2.99. The number of ether oxygens (including phenoxy) is 3. The Morgan fingerprint density at radius 1 is 0.862 bits per heavy atom. The van der Waals surface area contributed by atoms with Crippen LogP contribution in [0.5, 0.6) is 23.0 Å². The minimum Gasteiger partial charge on any atom is -0.494 e. The topological polar surface area (TPSA) is 56.8 Å². The Hall–Kier alpha value is -3.47. The molecule has 29 heavy (non-hydrogen) atoms. The lowest BCUT2D eigenvalue weighted by molar-refractivity contribution is -0.121. The summed E-state index contributed by atoms with van der Waals surface area (Å²) >= 11 is 0. The molecule has 0 unspecified atom stereocenters. The van der Waals surface area contributed by atoms with Gasteiger partial charge in [-0.25, -0.2) is 0 Å². The SMILES string of the molecule is CCOc1ccc(OCCNC(=O)C2c3ccccc3Oc3ccccc32)cc1. The summed E-state index contributed by atoms with van der Waals surface area (Å²) in [4.78, 5) is 13.0. The highest BCUT2D eigenvalue weighted by Gasteiger charge is 2.32. The molecule has 0 saturated carbocycles. The first kappa shape index (κ1) is 18.9. The van der Waals surface area contributed by atoms with E-state index < -0.39 is 5.92 Å². The molecular formula is C24H23NO4. The summed E-state index contributed by atoms with van der Waals surface area (Å²) in [6.45, 7) is 3.37. The van der Waals surface area contributed by atoms with Crippen LogP contribution in [-0.4, -0.2) is 25.7 Å². The van der Waals surface area contributed by atoms with E-state index in [-0.39, 0.29) is 5.91 Å². The highest BCUT2D eigenvalue weighted by atomic mass is 16.5. The van der Waals surface area contributed by atoms with E-state index in [2.05, 4.69) is 5.32 Å². The van der Waals surface area contributed by atoms with Gasteiger partial charge >= 0.3 is 0 Å². The van der Waals surface area contributed by atoms with Crippen LogP contribution in [0.4, 0.5) is 0 Å². The molecule has 0 saturated heterocycles. The van der Waals surface area contributed by atoms with Gasteiger partial charge in [-0.2, -0.15) is 0 Å². The second-order valence-corrected chi connectivity index (χ2v) is 6.65. The number of nitrogens with one attached hydrogen (secondary N) is 1. The van der Waals surface area contributed by atoms with Crippen LogP contribution >= 0.6 is 0 Å². The highest BCUT2D eigenvalue weighted by molar-refractivity contribution is 5.89. The van der Waals surface area contributed by atoms with Gasteiger partial charge < -0.3 is 19.5 Å². The predicted octanol–water partition coefficient (Wildman–Crippen LogP) is 4.52. The average molecular weight is 389 g/mol. The van der Waals surface area contributed by atoms with Crippen molar-refractivity contribution in [1.29, 1.82) is 0 Å². The molecule has 1 N–H and O–H groups in total. The minimum atomic E-state index is -0.401. The molecule has 5 heteroatoms. The minimum absolute atomic E-state index is 0.0662. The van der Waals surface area contributed by atoms with Crippen LogP contribution in [0.15, 0.2) is 72.8 Å². The van der Waals surface area contributed by atoms with Gasteiger partial charge in [0, 0.05) is 11.1 Å². The number of hydrogen-bond acceptors (Lipinski definition) is 4. The third-order valence-corrected chi connectivity index (χ3v) is 4.75. The van der Waals surface area contributed by atoms with E-state index in [0.717, 1.165) is 34.1 Å². The lowest BCUT2D eigenvalue weighted by Gasteiger charge is -2.27. The summed E-state index contributed by atoms with van der Waals surface area (Å²) in [5.41, 5.74) is 1.74. The third kappa shape index (κ3) is 4.19. The molecule has 0 atom stereocenters. The molecule has 148 valence electrons. The van der Waals surface area contributed by atoms with Crippen LogP contribution in [0.2, 0.25) is 0 Å². The highest BCUT2D eigenvalue weighted by Crippen LogP contribution is 2.43. The van der Waals surface area contributed by atoms with Crippen molar-refractivity contribution < 1.29 is 19.0 Å². The van der Waals surface area contributed by atoms with Gasteiger partial charge in [0.2, 0.25) is 5.91 Å². The normalized spacial score (nSPS) is 12.3. The standard InChI is InChI=1S/C24H23NO4/c1-2-27-17-11-13-18(14-12-17)28-16-15-25-24(26)23-19-7-3-5-9-21(19)29-22-10-6-4-8-20(22)23/h3-14,23H,2,15-16H2,1H3,(H,25,26). The predicted molar refractivity (Wildman–Crippen MR) is 111 cm³/mol. The van der Waals surface area contributed by atoms with Crippen molar-refractivity contribution in [3.8, 4) is 23.0 Å². The van der Waals surface area contributed by atoms with Crippen LogP contribution in [0.25, 0.3) is 0 Å². The Morgan fingerprint density at radius 3 is 2.00 bits per heavy atom. The molecule has 1 amide bonds. The summed E-state index contributed by atoms with van der Waals surface area (Å²) < 4.78 is 17.1.